The molecule has 3 aromatic rings. The Morgan fingerprint density at radius 1 is 1.29 bits per heavy atom. The van der Waals surface area contributed by atoms with Gasteiger partial charge < -0.3 is 10.4 Å². The summed E-state index contributed by atoms with van der Waals surface area (Å²) in [5.74, 6) is -2.67. The zero-order chi connectivity index (χ0) is 19.8. The standard InChI is InChI=1S/C18H14F3N5O2/c19-14-11(2-1-3-12(14)17(27)28)15-13(16(20)21)7-22-18(25-15)24-9-6-23-26(8-9)10-4-5-10/h1-3,6-8,10,16H,4-5H2,(H,27,28)(H,22,24,25). The average molecular weight is 389 g/mol. The zero-order valence-corrected chi connectivity index (χ0v) is 14.3. The first-order chi connectivity index (χ1) is 13.4. The van der Waals surface area contributed by atoms with E-state index in [1.54, 1.807) is 17.1 Å². The van der Waals surface area contributed by atoms with E-state index in [2.05, 4.69) is 20.4 Å². The third-order valence-electron chi connectivity index (χ3n) is 4.32. The smallest absolute Gasteiger partial charge is 0.338 e. The van der Waals surface area contributed by atoms with Crippen molar-refractivity contribution in [1.82, 2.24) is 19.7 Å². The predicted molar refractivity (Wildman–Crippen MR) is 93.1 cm³/mol. The van der Waals surface area contributed by atoms with Crippen LogP contribution in [0, 0.1) is 5.82 Å². The van der Waals surface area contributed by atoms with Crippen molar-refractivity contribution in [2.75, 3.05) is 5.32 Å². The average Bonchev–Trinajstić information content (AvgIpc) is 3.41. The Kier molecular flexibility index (Phi) is 4.46. The summed E-state index contributed by atoms with van der Waals surface area (Å²) in [4.78, 5) is 19.0. The first-order valence-electron chi connectivity index (χ1n) is 8.42. The van der Waals surface area contributed by atoms with Crippen LogP contribution in [-0.2, 0) is 0 Å². The maximum absolute atomic E-state index is 14.6. The van der Waals surface area contributed by atoms with Gasteiger partial charge in [-0.25, -0.2) is 27.9 Å². The molecule has 2 aromatic heterocycles. The molecule has 1 aromatic carbocycles. The number of hydrogen-bond acceptors (Lipinski definition) is 5. The SMILES string of the molecule is O=C(O)c1cccc(-c2nc(Nc3cnn(C4CC4)c3)ncc2C(F)F)c1F. The van der Waals surface area contributed by atoms with Crippen LogP contribution in [0.2, 0.25) is 0 Å². The van der Waals surface area contributed by atoms with Crippen molar-refractivity contribution in [3.8, 4) is 11.3 Å². The lowest BCUT2D eigenvalue weighted by Gasteiger charge is -2.12. The molecular weight excluding hydrogens is 375 g/mol. The summed E-state index contributed by atoms with van der Waals surface area (Å²) in [7, 11) is 0. The van der Waals surface area contributed by atoms with Gasteiger partial charge in [0, 0.05) is 18.0 Å². The van der Waals surface area contributed by atoms with Crippen molar-refractivity contribution < 1.29 is 23.1 Å². The number of anilines is 2. The molecule has 0 radical (unpaired) electrons. The highest BCUT2D eigenvalue weighted by molar-refractivity contribution is 5.90. The molecule has 1 aliphatic carbocycles. The monoisotopic (exact) mass is 389 g/mol. The molecule has 10 heteroatoms. The van der Waals surface area contributed by atoms with E-state index in [1.165, 1.54) is 12.1 Å². The van der Waals surface area contributed by atoms with Gasteiger partial charge in [-0.1, -0.05) is 6.07 Å². The number of aromatic carboxylic acids is 1. The molecule has 0 atom stereocenters. The quantitative estimate of drug-likeness (QED) is 0.657. The number of nitrogens with zero attached hydrogens (tertiary/aromatic N) is 4. The molecule has 1 fully saturated rings. The van der Waals surface area contributed by atoms with Crippen molar-refractivity contribution in [3.63, 3.8) is 0 Å². The molecule has 0 saturated heterocycles. The second-order valence-electron chi connectivity index (χ2n) is 6.34. The van der Waals surface area contributed by atoms with E-state index in [0.29, 0.717) is 11.7 Å². The van der Waals surface area contributed by atoms with E-state index >= 15 is 0 Å². The van der Waals surface area contributed by atoms with E-state index in [1.807, 2.05) is 0 Å². The lowest BCUT2D eigenvalue weighted by molar-refractivity contribution is 0.0692. The Hall–Kier alpha value is -3.43. The predicted octanol–water partition coefficient (Wildman–Crippen LogP) is 4.19. The maximum atomic E-state index is 14.6. The fourth-order valence-electron chi connectivity index (χ4n) is 2.78. The molecule has 1 saturated carbocycles. The molecule has 144 valence electrons. The van der Waals surface area contributed by atoms with Gasteiger partial charge in [0.05, 0.1) is 34.7 Å². The van der Waals surface area contributed by atoms with Crippen molar-refractivity contribution in [2.24, 2.45) is 0 Å². The highest BCUT2D eigenvalue weighted by Crippen LogP contribution is 2.35. The Morgan fingerprint density at radius 2 is 2.07 bits per heavy atom. The van der Waals surface area contributed by atoms with Crippen molar-refractivity contribution in [1.29, 1.82) is 0 Å². The van der Waals surface area contributed by atoms with Gasteiger partial charge in [0.1, 0.15) is 5.82 Å². The molecule has 0 spiro atoms. The Labute approximate surface area is 156 Å². The number of halogens is 3. The van der Waals surface area contributed by atoms with Crippen LogP contribution < -0.4 is 5.32 Å². The molecule has 28 heavy (non-hydrogen) atoms. The van der Waals surface area contributed by atoms with E-state index in [0.717, 1.165) is 25.1 Å². The van der Waals surface area contributed by atoms with E-state index in [4.69, 9.17) is 5.11 Å². The van der Waals surface area contributed by atoms with Crippen LogP contribution in [0.4, 0.5) is 24.8 Å². The largest absolute Gasteiger partial charge is 0.478 e. The number of nitrogens with one attached hydrogen (secondary N) is 1. The summed E-state index contributed by atoms with van der Waals surface area (Å²) in [6.45, 7) is 0. The summed E-state index contributed by atoms with van der Waals surface area (Å²) in [6, 6.07) is 3.88. The summed E-state index contributed by atoms with van der Waals surface area (Å²) in [6.07, 6.45) is 3.32. The molecule has 7 nitrogen and oxygen atoms in total. The van der Waals surface area contributed by atoms with Gasteiger partial charge in [-0.15, -0.1) is 0 Å². The molecule has 0 amide bonds. The van der Waals surface area contributed by atoms with Gasteiger partial charge in [-0.2, -0.15) is 5.10 Å². The first kappa shape index (κ1) is 18.0. The van der Waals surface area contributed by atoms with Crippen LogP contribution in [0.3, 0.4) is 0 Å². The number of hydrogen-bond donors (Lipinski definition) is 2. The molecule has 0 aliphatic heterocycles. The number of carboxylic acid groups (broad SMARTS) is 1. The Morgan fingerprint density at radius 3 is 2.75 bits per heavy atom. The Bertz CT molecular complexity index is 1050. The normalized spacial score (nSPS) is 13.7. The van der Waals surface area contributed by atoms with Crippen LogP contribution in [0.5, 0.6) is 0 Å². The van der Waals surface area contributed by atoms with E-state index in [9.17, 15) is 18.0 Å². The fraction of sp³-hybridized carbons (Fsp3) is 0.222. The van der Waals surface area contributed by atoms with Gasteiger partial charge in [0.15, 0.2) is 0 Å². The summed E-state index contributed by atoms with van der Waals surface area (Å²) in [5, 5.41) is 16.1. The second kappa shape index (κ2) is 6.95. The minimum atomic E-state index is -2.96. The molecule has 4 rings (SSSR count). The summed E-state index contributed by atoms with van der Waals surface area (Å²) in [5.41, 5.74) is -1.38. The van der Waals surface area contributed by atoms with Crippen LogP contribution >= 0.6 is 0 Å². The number of aromatic nitrogens is 4. The molecular formula is C18H14F3N5O2. The molecule has 1 aliphatic rings. The van der Waals surface area contributed by atoms with E-state index < -0.39 is 29.3 Å². The van der Waals surface area contributed by atoms with Crippen LogP contribution in [0.1, 0.15) is 41.2 Å². The molecule has 2 N–H and O–H groups in total. The minimum absolute atomic E-state index is 0.0325. The molecule has 2 heterocycles. The summed E-state index contributed by atoms with van der Waals surface area (Å²) >= 11 is 0. The number of carbonyl (C=O) groups is 1. The Balaban J connectivity index is 1.73. The van der Waals surface area contributed by atoms with Crippen LogP contribution in [0.25, 0.3) is 11.3 Å². The summed E-state index contributed by atoms with van der Waals surface area (Å²) < 4.78 is 43.2. The zero-order valence-electron chi connectivity index (χ0n) is 14.3. The molecule has 0 unspecified atom stereocenters. The maximum Gasteiger partial charge on any atom is 0.338 e. The van der Waals surface area contributed by atoms with Gasteiger partial charge in [-0.3, -0.25) is 4.68 Å². The number of carboxylic acids is 1. The van der Waals surface area contributed by atoms with Crippen LogP contribution in [0.15, 0.2) is 36.8 Å². The number of rotatable bonds is 6. The van der Waals surface area contributed by atoms with Crippen molar-refractivity contribution in [3.05, 3.63) is 53.7 Å². The van der Waals surface area contributed by atoms with Crippen molar-refractivity contribution in [2.45, 2.75) is 25.3 Å². The van der Waals surface area contributed by atoms with Gasteiger partial charge in [0.2, 0.25) is 5.95 Å². The van der Waals surface area contributed by atoms with Gasteiger partial charge in [-0.05, 0) is 25.0 Å². The minimum Gasteiger partial charge on any atom is -0.478 e. The third kappa shape index (κ3) is 3.40. The topological polar surface area (TPSA) is 92.9 Å². The van der Waals surface area contributed by atoms with Crippen molar-refractivity contribution >= 4 is 17.6 Å². The van der Waals surface area contributed by atoms with Crippen LogP contribution in [-0.4, -0.2) is 30.8 Å². The van der Waals surface area contributed by atoms with E-state index in [-0.39, 0.29) is 17.2 Å². The third-order valence-corrected chi connectivity index (χ3v) is 4.32. The lowest BCUT2D eigenvalue weighted by atomic mass is 10.0. The highest BCUT2D eigenvalue weighted by atomic mass is 19.3. The first-order valence-corrected chi connectivity index (χ1v) is 8.42. The number of alkyl halides is 2. The van der Waals surface area contributed by atoms with Gasteiger partial charge in [0.25, 0.3) is 6.43 Å². The fourth-order valence-corrected chi connectivity index (χ4v) is 2.78. The van der Waals surface area contributed by atoms with Gasteiger partial charge >= 0.3 is 5.97 Å². The number of benzene rings is 1. The second-order valence-corrected chi connectivity index (χ2v) is 6.34. The highest BCUT2D eigenvalue weighted by Gasteiger charge is 2.25. The molecule has 0 bridgehead atoms. The lowest BCUT2D eigenvalue weighted by Crippen LogP contribution is -2.06.